The molecule has 1 aliphatic heterocycles. The maximum Gasteiger partial charge on any atom is 0.183 e. The van der Waals surface area contributed by atoms with Gasteiger partial charge in [-0.05, 0) is 43.0 Å². The van der Waals surface area contributed by atoms with Crippen molar-refractivity contribution in [3.8, 4) is 0 Å². The Morgan fingerprint density at radius 1 is 0.958 bits per heavy atom. The molecule has 0 bridgehead atoms. The molecule has 0 aromatic heterocycles. The summed E-state index contributed by atoms with van der Waals surface area (Å²) in [6.45, 7) is 3.21. The van der Waals surface area contributed by atoms with Crippen LogP contribution in [0.25, 0.3) is 0 Å². The molecule has 1 aliphatic rings. The monoisotopic (exact) mass is 326 g/mol. The van der Waals surface area contributed by atoms with Crippen LogP contribution in [0.3, 0.4) is 0 Å². The third kappa shape index (κ3) is 4.31. The van der Waals surface area contributed by atoms with Crippen molar-refractivity contribution in [3.63, 3.8) is 0 Å². The zero-order chi connectivity index (χ0) is 16.8. The molecule has 126 valence electrons. The number of ether oxygens (including phenoxy) is 2. The van der Waals surface area contributed by atoms with Gasteiger partial charge in [0.25, 0.3) is 0 Å². The summed E-state index contributed by atoms with van der Waals surface area (Å²) in [5.74, 6) is -0.0641. The Bertz CT molecular complexity index is 653. The highest BCUT2D eigenvalue weighted by Crippen LogP contribution is 2.30. The van der Waals surface area contributed by atoms with E-state index in [2.05, 4.69) is 36.4 Å². The Morgan fingerprint density at radius 3 is 2.21 bits per heavy atom. The second-order valence-electron chi connectivity index (χ2n) is 6.10. The first-order chi connectivity index (χ1) is 11.8. The summed E-state index contributed by atoms with van der Waals surface area (Å²) in [5.41, 5.74) is 3.41. The van der Waals surface area contributed by atoms with Crippen LogP contribution in [0, 0.1) is 5.82 Å². The van der Waals surface area contributed by atoms with Gasteiger partial charge in [0.15, 0.2) is 6.29 Å². The number of rotatable bonds is 5. The van der Waals surface area contributed by atoms with Crippen molar-refractivity contribution in [2.45, 2.75) is 32.0 Å². The van der Waals surface area contributed by atoms with E-state index in [9.17, 15) is 4.39 Å². The normalized spacial score (nSPS) is 21.2. The molecule has 0 unspecified atom stereocenters. The van der Waals surface area contributed by atoms with Gasteiger partial charge in [-0.1, -0.05) is 48.6 Å². The Hall–Kier alpha value is -1.97. The fraction of sp³-hybridized carbons (Fsp3) is 0.333. The van der Waals surface area contributed by atoms with Gasteiger partial charge in [-0.3, -0.25) is 0 Å². The van der Waals surface area contributed by atoms with Crippen LogP contribution in [0.1, 0.15) is 42.2 Å². The van der Waals surface area contributed by atoms with Gasteiger partial charge >= 0.3 is 0 Å². The predicted octanol–water partition coefficient (Wildman–Crippen LogP) is 5.16. The van der Waals surface area contributed by atoms with Crippen LogP contribution in [-0.2, 0) is 15.9 Å². The topological polar surface area (TPSA) is 18.5 Å². The third-order valence-electron chi connectivity index (χ3n) is 4.33. The van der Waals surface area contributed by atoms with E-state index in [1.54, 1.807) is 12.1 Å². The van der Waals surface area contributed by atoms with Crippen molar-refractivity contribution in [2.75, 3.05) is 13.2 Å². The molecule has 0 spiro atoms. The first kappa shape index (κ1) is 16.9. The summed E-state index contributed by atoms with van der Waals surface area (Å²) in [5, 5.41) is 0. The molecule has 1 heterocycles. The van der Waals surface area contributed by atoms with Crippen molar-refractivity contribution in [2.24, 2.45) is 0 Å². The van der Waals surface area contributed by atoms with E-state index in [4.69, 9.17) is 9.47 Å². The van der Waals surface area contributed by atoms with Crippen molar-refractivity contribution >= 4 is 0 Å². The zero-order valence-electron chi connectivity index (χ0n) is 14.0. The van der Waals surface area contributed by atoms with Crippen LogP contribution in [-0.4, -0.2) is 13.2 Å². The fourth-order valence-electron chi connectivity index (χ4n) is 2.88. The van der Waals surface area contributed by atoms with Crippen molar-refractivity contribution in [1.29, 1.82) is 0 Å². The maximum atomic E-state index is 13.0. The lowest BCUT2D eigenvalue weighted by Gasteiger charge is -2.30. The second kappa shape index (κ2) is 8.22. The second-order valence-corrected chi connectivity index (χ2v) is 6.10. The molecule has 0 aliphatic carbocycles. The van der Waals surface area contributed by atoms with E-state index < -0.39 is 0 Å². The molecule has 3 rings (SSSR count). The summed E-state index contributed by atoms with van der Waals surface area (Å²) >= 11 is 0. The van der Waals surface area contributed by atoms with Gasteiger partial charge in [0.05, 0.1) is 13.2 Å². The first-order valence-corrected chi connectivity index (χ1v) is 8.45. The van der Waals surface area contributed by atoms with Gasteiger partial charge in [-0.15, -0.1) is 0 Å². The molecule has 1 fully saturated rings. The summed E-state index contributed by atoms with van der Waals surface area (Å²) in [6, 6.07) is 15.0. The van der Waals surface area contributed by atoms with Crippen molar-refractivity contribution in [1.82, 2.24) is 0 Å². The van der Waals surface area contributed by atoms with E-state index in [1.165, 1.54) is 17.7 Å². The van der Waals surface area contributed by atoms with Crippen LogP contribution < -0.4 is 0 Å². The summed E-state index contributed by atoms with van der Waals surface area (Å²) < 4.78 is 24.7. The number of aryl methyl sites for hydroxylation is 1. The Balaban J connectivity index is 1.55. The Kier molecular flexibility index (Phi) is 5.78. The summed E-state index contributed by atoms with van der Waals surface area (Å²) in [6.07, 6.45) is 6.05. The van der Waals surface area contributed by atoms with Gasteiger partial charge in [-0.25, -0.2) is 4.39 Å². The average molecular weight is 326 g/mol. The molecule has 0 radical (unpaired) electrons. The van der Waals surface area contributed by atoms with Crippen LogP contribution in [0.2, 0.25) is 0 Å². The van der Waals surface area contributed by atoms with Crippen molar-refractivity contribution < 1.29 is 13.9 Å². The van der Waals surface area contributed by atoms with E-state index in [1.807, 2.05) is 6.92 Å². The first-order valence-electron chi connectivity index (χ1n) is 8.45. The number of allylic oxidation sites excluding steroid dienone is 2. The highest BCUT2D eigenvalue weighted by Gasteiger charge is 2.24. The minimum atomic E-state index is -0.314. The maximum absolute atomic E-state index is 13.0. The Morgan fingerprint density at radius 2 is 1.58 bits per heavy atom. The minimum Gasteiger partial charge on any atom is -0.348 e. The zero-order valence-corrected chi connectivity index (χ0v) is 14.0. The van der Waals surface area contributed by atoms with Gasteiger partial charge < -0.3 is 9.47 Å². The Labute approximate surface area is 142 Å². The van der Waals surface area contributed by atoms with Gasteiger partial charge in [0.1, 0.15) is 5.82 Å². The highest BCUT2D eigenvalue weighted by atomic mass is 19.1. The molecule has 0 amide bonds. The molecule has 0 saturated carbocycles. The van der Waals surface area contributed by atoms with Crippen LogP contribution in [0.4, 0.5) is 4.39 Å². The molecular formula is C21H23FO2. The molecule has 2 aromatic rings. The van der Waals surface area contributed by atoms with Crippen LogP contribution in [0.5, 0.6) is 0 Å². The van der Waals surface area contributed by atoms with Crippen molar-refractivity contribution in [3.05, 3.63) is 83.2 Å². The number of hydrogen-bond donors (Lipinski definition) is 0. The lowest BCUT2D eigenvalue weighted by molar-refractivity contribution is -0.191. The minimum absolute atomic E-state index is 0.155. The van der Waals surface area contributed by atoms with Crippen LogP contribution >= 0.6 is 0 Å². The molecule has 0 atom stereocenters. The number of hydrogen-bond acceptors (Lipinski definition) is 2. The molecule has 1 saturated heterocycles. The fourth-order valence-corrected chi connectivity index (χ4v) is 2.88. The summed E-state index contributed by atoms with van der Waals surface area (Å²) in [7, 11) is 0. The van der Waals surface area contributed by atoms with E-state index in [0.717, 1.165) is 24.0 Å². The molecular weight excluding hydrogens is 303 g/mol. The standard InChI is InChI=1S/C21H23FO2/c1-2-3-4-5-16-6-8-18(9-7-16)21-23-14-19(15-24-21)17-10-12-20(22)13-11-17/h2-3,6-13,19,21H,4-5,14-15H2,1H3. The third-order valence-corrected chi connectivity index (χ3v) is 4.33. The SMILES string of the molecule is CC=CCCc1ccc(C2OCC(c3ccc(F)cc3)CO2)cc1. The van der Waals surface area contributed by atoms with Gasteiger partial charge in [0, 0.05) is 11.5 Å². The molecule has 24 heavy (non-hydrogen) atoms. The number of halogens is 1. The van der Waals surface area contributed by atoms with Crippen LogP contribution in [0.15, 0.2) is 60.7 Å². The summed E-state index contributed by atoms with van der Waals surface area (Å²) in [4.78, 5) is 0. The molecule has 2 nitrogen and oxygen atoms in total. The quantitative estimate of drug-likeness (QED) is 0.706. The average Bonchev–Trinajstić information content (AvgIpc) is 2.63. The molecule has 3 heteroatoms. The van der Waals surface area contributed by atoms with Gasteiger partial charge in [0.2, 0.25) is 0 Å². The van der Waals surface area contributed by atoms with E-state index in [-0.39, 0.29) is 18.0 Å². The number of benzene rings is 2. The molecule has 0 N–H and O–H groups in total. The lowest BCUT2D eigenvalue weighted by atomic mass is 10.00. The van der Waals surface area contributed by atoms with E-state index in [0.29, 0.717) is 13.2 Å². The largest absolute Gasteiger partial charge is 0.348 e. The molecule has 2 aromatic carbocycles. The lowest BCUT2D eigenvalue weighted by Crippen LogP contribution is -2.25. The predicted molar refractivity (Wildman–Crippen MR) is 93.4 cm³/mol. The highest BCUT2D eigenvalue weighted by molar-refractivity contribution is 5.25. The van der Waals surface area contributed by atoms with Gasteiger partial charge in [-0.2, -0.15) is 0 Å². The van der Waals surface area contributed by atoms with E-state index >= 15 is 0 Å². The smallest absolute Gasteiger partial charge is 0.183 e.